The van der Waals surface area contributed by atoms with Crippen molar-refractivity contribution >= 4 is 11.6 Å². The number of likely N-dealkylation sites (tertiary alicyclic amines) is 1. The number of para-hydroxylation sites is 1. The number of nitrogens with one attached hydrogen (secondary N) is 1. The molecule has 0 spiro atoms. The van der Waals surface area contributed by atoms with Gasteiger partial charge in [-0.2, -0.15) is 5.10 Å². The van der Waals surface area contributed by atoms with Crippen molar-refractivity contribution in [3.8, 4) is 5.75 Å². The van der Waals surface area contributed by atoms with Crippen LogP contribution in [-0.4, -0.2) is 43.3 Å². The maximum atomic E-state index is 12.1. The molecule has 0 aliphatic carbocycles. The molecule has 0 bridgehead atoms. The molecule has 1 aromatic rings. The zero-order chi connectivity index (χ0) is 15.1. The van der Waals surface area contributed by atoms with Gasteiger partial charge in [0.05, 0.1) is 12.7 Å². The van der Waals surface area contributed by atoms with Crippen LogP contribution in [0.15, 0.2) is 29.4 Å². The summed E-state index contributed by atoms with van der Waals surface area (Å²) in [5.41, 5.74) is 4.21. The fourth-order valence-corrected chi connectivity index (χ4v) is 2.49. The molecule has 1 fully saturated rings. The van der Waals surface area contributed by atoms with Gasteiger partial charge in [-0.05, 0) is 25.1 Å². The van der Waals surface area contributed by atoms with Crippen LogP contribution in [0.3, 0.4) is 0 Å². The SMILES string of the molecule is CCCN1CCC(=NNC(=O)c2ccccc2OC)CC1. The molecule has 2 rings (SSSR count). The molecule has 1 amide bonds. The highest BCUT2D eigenvalue weighted by Crippen LogP contribution is 2.17. The molecular weight excluding hydrogens is 266 g/mol. The van der Waals surface area contributed by atoms with E-state index in [4.69, 9.17) is 4.74 Å². The molecule has 1 heterocycles. The van der Waals surface area contributed by atoms with Crippen molar-refractivity contribution in [1.82, 2.24) is 10.3 Å². The zero-order valence-electron chi connectivity index (χ0n) is 12.8. The molecule has 0 aromatic heterocycles. The van der Waals surface area contributed by atoms with Gasteiger partial charge in [0, 0.05) is 31.6 Å². The van der Waals surface area contributed by atoms with E-state index in [0.29, 0.717) is 11.3 Å². The van der Waals surface area contributed by atoms with Crippen molar-refractivity contribution < 1.29 is 9.53 Å². The Kier molecular flexibility index (Phi) is 5.75. The van der Waals surface area contributed by atoms with Crippen molar-refractivity contribution in [2.45, 2.75) is 26.2 Å². The number of hydrazone groups is 1. The first kappa shape index (κ1) is 15.5. The van der Waals surface area contributed by atoms with E-state index >= 15 is 0 Å². The number of ether oxygens (including phenoxy) is 1. The van der Waals surface area contributed by atoms with Crippen LogP contribution in [0.25, 0.3) is 0 Å². The molecule has 0 radical (unpaired) electrons. The third-order valence-corrected chi connectivity index (χ3v) is 3.64. The predicted molar refractivity (Wildman–Crippen MR) is 83.9 cm³/mol. The van der Waals surface area contributed by atoms with E-state index in [1.807, 2.05) is 12.1 Å². The number of rotatable bonds is 5. The summed E-state index contributed by atoms with van der Waals surface area (Å²) in [6, 6.07) is 7.16. The molecule has 0 atom stereocenters. The van der Waals surface area contributed by atoms with Crippen LogP contribution in [-0.2, 0) is 0 Å². The second-order valence-electron chi connectivity index (χ2n) is 5.16. The van der Waals surface area contributed by atoms with Gasteiger partial charge in [0.25, 0.3) is 5.91 Å². The average Bonchev–Trinajstić information content (AvgIpc) is 2.54. The Labute approximate surface area is 126 Å². The van der Waals surface area contributed by atoms with E-state index in [1.54, 1.807) is 19.2 Å². The number of methoxy groups -OCH3 is 1. The Balaban J connectivity index is 1.91. The van der Waals surface area contributed by atoms with Gasteiger partial charge in [-0.1, -0.05) is 19.1 Å². The standard InChI is InChI=1S/C16H23N3O2/c1-3-10-19-11-8-13(9-12-19)17-18-16(20)14-6-4-5-7-15(14)21-2/h4-7H,3,8-12H2,1-2H3,(H,18,20). The van der Waals surface area contributed by atoms with Crippen LogP contribution in [0.1, 0.15) is 36.5 Å². The van der Waals surface area contributed by atoms with Gasteiger partial charge in [0.2, 0.25) is 0 Å². The molecule has 1 aliphatic heterocycles. The first-order chi connectivity index (χ1) is 10.2. The van der Waals surface area contributed by atoms with Crippen LogP contribution in [0.5, 0.6) is 5.75 Å². The van der Waals surface area contributed by atoms with Gasteiger partial charge in [-0.25, -0.2) is 5.43 Å². The molecule has 1 N–H and O–H groups in total. The van der Waals surface area contributed by atoms with Crippen molar-refractivity contribution in [3.63, 3.8) is 0 Å². The maximum absolute atomic E-state index is 12.1. The fraction of sp³-hybridized carbons (Fsp3) is 0.500. The van der Waals surface area contributed by atoms with Gasteiger partial charge < -0.3 is 9.64 Å². The van der Waals surface area contributed by atoms with E-state index in [9.17, 15) is 4.79 Å². The third-order valence-electron chi connectivity index (χ3n) is 3.64. The second-order valence-corrected chi connectivity index (χ2v) is 5.16. The van der Waals surface area contributed by atoms with Gasteiger partial charge in [0.1, 0.15) is 5.75 Å². The van der Waals surface area contributed by atoms with Gasteiger partial charge in [0.15, 0.2) is 0 Å². The monoisotopic (exact) mass is 289 g/mol. The number of piperidine rings is 1. The summed E-state index contributed by atoms with van der Waals surface area (Å²) < 4.78 is 5.18. The van der Waals surface area contributed by atoms with Crippen LogP contribution < -0.4 is 10.2 Å². The Morgan fingerprint density at radius 2 is 2.05 bits per heavy atom. The molecule has 114 valence electrons. The van der Waals surface area contributed by atoms with Crippen LogP contribution in [0.4, 0.5) is 0 Å². The average molecular weight is 289 g/mol. The van der Waals surface area contributed by atoms with E-state index in [0.717, 1.165) is 38.2 Å². The molecule has 21 heavy (non-hydrogen) atoms. The van der Waals surface area contributed by atoms with E-state index in [1.165, 1.54) is 6.42 Å². The van der Waals surface area contributed by atoms with E-state index in [2.05, 4.69) is 22.4 Å². The van der Waals surface area contributed by atoms with Crippen molar-refractivity contribution in [2.75, 3.05) is 26.7 Å². The van der Waals surface area contributed by atoms with Crippen LogP contribution in [0, 0.1) is 0 Å². The highest BCUT2D eigenvalue weighted by molar-refractivity contribution is 5.97. The highest BCUT2D eigenvalue weighted by Gasteiger charge is 2.15. The molecule has 1 aromatic carbocycles. The molecule has 1 saturated heterocycles. The van der Waals surface area contributed by atoms with Crippen molar-refractivity contribution in [2.24, 2.45) is 5.10 Å². The lowest BCUT2D eigenvalue weighted by Gasteiger charge is -2.26. The third kappa shape index (κ3) is 4.29. The number of carbonyl (C=O) groups excluding carboxylic acids is 1. The number of hydrogen-bond acceptors (Lipinski definition) is 4. The topological polar surface area (TPSA) is 53.9 Å². The van der Waals surface area contributed by atoms with Crippen LogP contribution >= 0.6 is 0 Å². The van der Waals surface area contributed by atoms with Gasteiger partial charge in [-0.15, -0.1) is 0 Å². The first-order valence-corrected chi connectivity index (χ1v) is 7.45. The quantitative estimate of drug-likeness (QED) is 0.846. The summed E-state index contributed by atoms with van der Waals surface area (Å²) in [4.78, 5) is 14.6. The summed E-state index contributed by atoms with van der Waals surface area (Å²) in [5, 5.41) is 4.26. The molecule has 5 nitrogen and oxygen atoms in total. The Morgan fingerprint density at radius 3 is 2.71 bits per heavy atom. The lowest BCUT2D eigenvalue weighted by Crippen LogP contribution is -2.35. The summed E-state index contributed by atoms with van der Waals surface area (Å²) in [6.07, 6.45) is 3.02. The number of hydrogen-bond donors (Lipinski definition) is 1. The minimum atomic E-state index is -0.226. The largest absolute Gasteiger partial charge is 0.496 e. The van der Waals surface area contributed by atoms with E-state index < -0.39 is 0 Å². The smallest absolute Gasteiger partial charge is 0.275 e. The number of nitrogens with zero attached hydrogens (tertiary/aromatic N) is 2. The van der Waals surface area contributed by atoms with Gasteiger partial charge in [-0.3, -0.25) is 4.79 Å². The summed E-state index contributed by atoms with van der Waals surface area (Å²) in [6.45, 7) is 5.38. The predicted octanol–water partition coefficient (Wildman–Crippen LogP) is 2.29. The fourth-order valence-electron chi connectivity index (χ4n) is 2.49. The normalized spacial score (nSPS) is 15.6. The summed E-state index contributed by atoms with van der Waals surface area (Å²) in [7, 11) is 1.56. The number of amides is 1. The van der Waals surface area contributed by atoms with Crippen molar-refractivity contribution in [1.29, 1.82) is 0 Å². The first-order valence-electron chi connectivity index (χ1n) is 7.45. The Morgan fingerprint density at radius 1 is 1.33 bits per heavy atom. The lowest BCUT2D eigenvalue weighted by molar-refractivity contribution is 0.0951. The van der Waals surface area contributed by atoms with Gasteiger partial charge >= 0.3 is 0 Å². The summed E-state index contributed by atoms with van der Waals surface area (Å²) >= 11 is 0. The summed E-state index contributed by atoms with van der Waals surface area (Å²) in [5.74, 6) is 0.337. The zero-order valence-corrected chi connectivity index (χ0v) is 12.8. The second kappa shape index (κ2) is 7.78. The Hall–Kier alpha value is -1.88. The van der Waals surface area contributed by atoms with Crippen molar-refractivity contribution in [3.05, 3.63) is 29.8 Å². The minimum Gasteiger partial charge on any atom is -0.496 e. The lowest BCUT2D eigenvalue weighted by atomic mass is 10.1. The Bertz CT molecular complexity index is 504. The highest BCUT2D eigenvalue weighted by atomic mass is 16.5. The van der Waals surface area contributed by atoms with E-state index in [-0.39, 0.29) is 5.91 Å². The molecule has 0 saturated carbocycles. The number of carbonyl (C=O) groups is 1. The minimum absolute atomic E-state index is 0.226. The maximum Gasteiger partial charge on any atom is 0.275 e. The molecule has 1 aliphatic rings. The molecule has 0 unspecified atom stereocenters. The molecule has 5 heteroatoms. The molecular formula is C16H23N3O2. The van der Waals surface area contributed by atoms with Crippen LogP contribution in [0.2, 0.25) is 0 Å². The number of benzene rings is 1.